The van der Waals surface area contributed by atoms with Crippen molar-refractivity contribution in [3.05, 3.63) is 35.9 Å². The molecule has 0 spiro atoms. The van der Waals surface area contributed by atoms with Gasteiger partial charge in [0.05, 0.1) is 0 Å². The van der Waals surface area contributed by atoms with Gasteiger partial charge in [0.25, 0.3) is 0 Å². The molecule has 2 unspecified atom stereocenters. The summed E-state index contributed by atoms with van der Waals surface area (Å²) in [7, 11) is 1.81. The Morgan fingerprint density at radius 3 is 2.53 bits per heavy atom. The number of nitrogens with zero attached hydrogens (tertiary/aromatic N) is 1. The summed E-state index contributed by atoms with van der Waals surface area (Å²) >= 11 is 7.92. The Bertz CT molecular complexity index is 358. The van der Waals surface area contributed by atoms with Crippen LogP contribution in [0.1, 0.15) is 17.9 Å². The van der Waals surface area contributed by atoms with Gasteiger partial charge in [-0.25, -0.2) is 0 Å². The van der Waals surface area contributed by atoms with Gasteiger partial charge in [0, 0.05) is 18.8 Å². The highest BCUT2D eigenvalue weighted by molar-refractivity contribution is 7.98. The van der Waals surface area contributed by atoms with E-state index in [1.54, 1.807) is 16.7 Å². The summed E-state index contributed by atoms with van der Waals surface area (Å²) in [5.41, 5.74) is 0.849. The molecule has 0 aromatic heterocycles. The predicted octanol–water partition coefficient (Wildman–Crippen LogP) is 3.18. The van der Waals surface area contributed by atoms with Crippen LogP contribution in [0.15, 0.2) is 30.3 Å². The molecule has 0 aliphatic rings. The van der Waals surface area contributed by atoms with Crippen molar-refractivity contribution in [3.63, 3.8) is 0 Å². The second-order valence-corrected chi connectivity index (χ2v) is 5.37. The molecular formula is C13H18ClNOS. The van der Waals surface area contributed by atoms with Crippen LogP contribution >= 0.6 is 23.4 Å². The van der Waals surface area contributed by atoms with Crippen molar-refractivity contribution in [3.8, 4) is 0 Å². The molecule has 1 amide bonds. The van der Waals surface area contributed by atoms with E-state index in [2.05, 4.69) is 0 Å². The first kappa shape index (κ1) is 14.4. The van der Waals surface area contributed by atoms with Gasteiger partial charge in [0.1, 0.15) is 5.38 Å². The number of halogens is 1. The number of hydrogen-bond donors (Lipinski definition) is 0. The number of thioether (sulfide) groups is 1. The summed E-state index contributed by atoms with van der Waals surface area (Å²) in [5.74, 6) is 0.875. The summed E-state index contributed by atoms with van der Waals surface area (Å²) in [6.07, 6.45) is 2.03. The van der Waals surface area contributed by atoms with Crippen molar-refractivity contribution >= 4 is 29.3 Å². The van der Waals surface area contributed by atoms with Crippen molar-refractivity contribution in [1.82, 2.24) is 4.90 Å². The van der Waals surface area contributed by atoms with E-state index in [9.17, 15) is 4.79 Å². The summed E-state index contributed by atoms with van der Waals surface area (Å²) < 4.78 is 0. The van der Waals surface area contributed by atoms with E-state index in [1.807, 2.05) is 50.6 Å². The topological polar surface area (TPSA) is 20.3 Å². The number of alkyl halides is 1. The lowest BCUT2D eigenvalue weighted by Crippen LogP contribution is -2.38. The average molecular weight is 272 g/mol. The van der Waals surface area contributed by atoms with E-state index in [4.69, 9.17) is 11.6 Å². The SMILES string of the molecule is CSCC(C)N(C)C(=O)C(Cl)c1ccccc1. The van der Waals surface area contributed by atoms with Crippen LogP contribution < -0.4 is 0 Å². The van der Waals surface area contributed by atoms with E-state index in [1.165, 1.54) is 0 Å². The summed E-state index contributed by atoms with van der Waals surface area (Å²) in [4.78, 5) is 13.9. The summed E-state index contributed by atoms with van der Waals surface area (Å²) in [6, 6.07) is 9.65. The second kappa shape index (κ2) is 6.92. The maximum absolute atomic E-state index is 12.1. The molecule has 0 saturated carbocycles. The minimum atomic E-state index is -0.592. The van der Waals surface area contributed by atoms with Crippen LogP contribution in [0.25, 0.3) is 0 Å². The standard InChI is InChI=1S/C13H18ClNOS/c1-10(9-17-3)15(2)13(16)12(14)11-7-5-4-6-8-11/h4-8,10,12H,9H2,1-3H3. The number of hydrogen-bond acceptors (Lipinski definition) is 2. The zero-order valence-corrected chi connectivity index (χ0v) is 12.0. The van der Waals surface area contributed by atoms with Gasteiger partial charge in [0.15, 0.2) is 0 Å². The molecule has 0 heterocycles. The van der Waals surface area contributed by atoms with E-state index in [-0.39, 0.29) is 11.9 Å². The Morgan fingerprint density at radius 1 is 1.41 bits per heavy atom. The third-order valence-electron chi connectivity index (χ3n) is 2.73. The van der Waals surface area contributed by atoms with Crippen molar-refractivity contribution in [2.24, 2.45) is 0 Å². The highest BCUT2D eigenvalue weighted by Crippen LogP contribution is 2.23. The first-order valence-electron chi connectivity index (χ1n) is 5.52. The fourth-order valence-corrected chi connectivity index (χ4v) is 2.52. The fourth-order valence-electron chi connectivity index (χ4n) is 1.51. The molecule has 0 saturated heterocycles. The number of amides is 1. The monoisotopic (exact) mass is 271 g/mol. The van der Waals surface area contributed by atoms with E-state index in [0.717, 1.165) is 11.3 Å². The molecule has 1 aromatic rings. The largest absolute Gasteiger partial charge is 0.341 e. The lowest BCUT2D eigenvalue weighted by molar-refractivity contribution is -0.131. The molecule has 0 radical (unpaired) electrons. The smallest absolute Gasteiger partial charge is 0.245 e. The summed E-state index contributed by atoms with van der Waals surface area (Å²) in [6.45, 7) is 2.03. The van der Waals surface area contributed by atoms with E-state index < -0.39 is 5.38 Å². The van der Waals surface area contributed by atoms with Gasteiger partial charge in [-0.15, -0.1) is 11.6 Å². The zero-order valence-electron chi connectivity index (χ0n) is 10.4. The molecular weight excluding hydrogens is 254 g/mol. The minimum absolute atomic E-state index is 0.0422. The van der Waals surface area contributed by atoms with E-state index in [0.29, 0.717) is 0 Å². The maximum Gasteiger partial charge on any atom is 0.245 e. The number of carbonyl (C=O) groups is 1. The zero-order chi connectivity index (χ0) is 12.8. The average Bonchev–Trinajstić information content (AvgIpc) is 2.37. The molecule has 4 heteroatoms. The van der Waals surface area contributed by atoms with Crippen LogP contribution in [-0.4, -0.2) is 35.9 Å². The Balaban J connectivity index is 2.70. The van der Waals surface area contributed by atoms with Crippen LogP contribution in [-0.2, 0) is 4.79 Å². The molecule has 0 aliphatic heterocycles. The third kappa shape index (κ3) is 3.93. The van der Waals surface area contributed by atoms with Gasteiger partial charge in [-0.1, -0.05) is 30.3 Å². The van der Waals surface area contributed by atoms with Gasteiger partial charge < -0.3 is 4.90 Å². The quantitative estimate of drug-likeness (QED) is 0.767. The van der Waals surface area contributed by atoms with Crippen LogP contribution in [0.5, 0.6) is 0 Å². The van der Waals surface area contributed by atoms with Gasteiger partial charge in [-0.3, -0.25) is 4.79 Å². The first-order chi connectivity index (χ1) is 8.07. The van der Waals surface area contributed by atoms with Crippen LogP contribution in [0.2, 0.25) is 0 Å². The van der Waals surface area contributed by atoms with Gasteiger partial charge >= 0.3 is 0 Å². The van der Waals surface area contributed by atoms with E-state index >= 15 is 0 Å². The highest BCUT2D eigenvalue weighted by Gasteiger charge is 2.24. The molecule has 0 bridgehead atoms. The van der Waals surface area contributed by atoms with Crippen molar-refractivity contribution in [2.75, 3.05) is 19.1 Å². The van der Waals surface area contributed by atoms with Gasteiger partial charge in [-0.2, -0.15) is 11.8 Å². The Morgan fingerprint density at radius 2 is 2.00 bits per heavy atom. The first-order valence-corrected chi connectivity index (χ1v) is 7.35. The maximum atomic E-state index is 12.1. The minimum Gasteiger partial charge on any atom is -0.341 e. The molecule has 2 nitrogen and oxygen atoms in total. The fraction of sp³-hybridized carbons (Fsp3) is 0.462. The lowest BCUT2D eigenvalue weighted by atomic mass is 10.1. The molecule has 0 N–H and O–H groups in total. The molecule has 0 aliphatic carbocycles. The second-order valence-electron chi connectivity index (χ2n) is 4.03. The highest BCUT2D eigenvalue weighted by atomic mass is 35.5. The Labute approximate surface area is 112 Å². The molecule has 1 aromatic carbocycles. The normalized spacial score (nSPS) is 14.1. The van der Waals surface area contributed by atoms with Crippen LogP contribution in [0.4, 0.5) is 0 Å². The molecule has 94 valence electrons. The van der Waals surface area contributed by atoms with Crippen molar-refractivity contribution in [1.29, 1.82) is 0 Å². The van der Waals surface area contributed by atoms with Crippen molar-refractivity contribution in [2.45, 2.75) is 18.3 Å². The van der Waals surface area contributed by atoms with Gasteiger partial charge in [0.2, 0.25) is 5.91 Å². The molecule has 17 heavy (non-hydrogen) atoms. The number of likely N-dealkylation sites (N-methyl/N-ethyl adjacent to an activating group) is 1. The molecule has 0 fully saturated rings. The third-order valence-corrected chi connectivity index (χ3v) is 3.98. The summed E-state index contributed by atoms with van der Waals surface area (Å²) in [5, 5.41) is -0.592. The lowest BCUT2D eigenvalue weighted by Gasteiger charge is -2.26. The Hall–Kier alpha value is -0.670. The predicted molar refractivity (Wildman–Crippen MR) is 75.7 cm³/mol. The van der Waals surface area contributed by atoms with Gasteiger partial charge in [-0.05, 0) is 18.7 Å². The Kier molecular flexibility index (Phi) is 5.86. The van der Waals surface area contributed by atoms with Crippen LogP contribution in [0.3, 0.4) is 0 Å². The number of benzene rings is 1. The number of carbonyl (C=O) groups excluding carboxylic acids is 1. The number of rotatable bonds is 5. The van der Waals surface area contributed by atoms with Crippen molar-refractivity contribution < 1.29 is 4.79 Å². The molecule has 2 atom stereocenters. The molecule has 1 rings (SSSR count). The van der Waals surface area contributed by atoms with Crippen LogP contribution in [0, 0.1) is 0 Å².